The second kappa shape index (κ2) is 7.50. The summed E-state index contributed by atoms with van der Waals surface area (Å²) < 4.78 is 5.72. The monoisotopic (exact) mass is 435 g/mol. The van der Waals surface area contributed by atoms with Crippen molar-refractivity contribution < 1.29 is 14.9 Å². The predicted octanol–water partition coefficient (Wildman–Crippen LogP) is 5.12. The van der Waals surface area contributed by atoms with E-state index in [1.54, 1.807) is 0 Å². The lowest BCUT2D eigenvalue weighted by atomic mass is 9.38. The third-order valence-corrected chi connectivity index (χ3v) is 9.98. The Hall–Kier alpha value is -2.04. The molecular weight excluding hydrogens is 398 g/mol. The van der Waals surface area contributed by atoms with Crippen molar-refractivity contribution in [1.29, 1.82) is 0 Å². The number of ether oxygens (including phenoxy) is 1. The molecule has 2 aromatic rings. The average Bonchev–Trinajstić information content (AvgIpc) is 3.02. The van der Waals surface area contributed by atoms with Crippen molar-refractivity contribution >= 4 is 0 Å². The molecule has 5 rings (SSSR count). The molecular formula is C28H37NO3. The second-order valence-electron chi connectivity index (χ2n) is 11.1. The van der Waals surface area contributed by atoms with Crippen LogP contribution in [0.4, 0.5) is 0 Å². The lowest BCUT2D eigenvalue weighted by molar-refractivity contribution is -0.142. The summed E-state index contributed by atoms with van der Waals surface area (Å²) in [6.45, 7) is 8.28. The van der Waals surface area contributed by atoms with Gasteiger partial charge in [0.05, 0.1) is 6.10 Å². The predicted molar refractivity (Wildman–Crippen MR) is 127 cm³/mol. The molecule has 4 N–H and O–H groups in total. The molecule has 0 aliphatic heterocycles. The SMILES string of the molecule is C[C@@]12CC[C@H](O)[C@@]1(C)C[C@H](c1ccc(OCCN)cc1)[C@@H]1c3ccc(O)cc3CC[C@]12C. The van der Waals surface area contributed by atoms with Crippen LogP contribution < -0.4 is 10.5 Å². The van der Waals surface area contributed by atoms with E-state index in [4.69, 9.17) is 10.5 Å². The van der Waals surface area contributed by atoms with Crippen LogP contribution in [0, 0.1) is 16.2 Å². The number of fused-ring (bicyclic) bond motifs is 5. The number of aliphatic hydroxyl groups excluding tert-OH is 1. The lowest BCUT2D eigenvalue weighted by Gasteiger charge is -2.65. The van der Waals surface area contributed by atoms with E-state index in [-0.39, 0.29) is 22.3 Å². The molecule has 4 heteroatoms. The van der Waals surface area contributed by atoms with Gasteiger partial charge in [-0.15, -0.1) is 0 Å². The number of aliphatic hydroxyl groups is 1. The molecule has 2 saturated carbocycles. The summed E-state index contributed by atoms with van der Waals surface area (Å²) in [7, 11) is 0. The smallest absolute Gasteiger partial charge is 0.119 e. The van der Waals surface area contributed by atoms with Gasteiger partial charge in [0.2, 0.25) is 0 Å². The molecule has 0 unspecified atom stereocenters. The van der Waals surface area contributed by atoms with Gasteiger partial charge in [-0.2, -0.15) is 0 Å². The Balaban J connectivity index is 1.64. The van der Waals surface area contributed by atoms with E-state index in [9.17, 15) is 10.2 Å². The molecule has 0 amide bonds. The van der Waals surface area contributed by atoms with E-state index in [0.717, 1.165) is 37.9 Å². The van der Waals surface area contributed by atoms with Crippen LogP contribution in [-0.2, 0) is 6.42 Å². The number of phenols is 1. The van der Waals surface area contributed by atoms with Crippen LogP contribution in [0.15, 0.2) is 42.5 Å². The topological polar surface area (TPSA) is 75.7 Å². The molecule has 172 valence electrons. The number of hydrogen-bond donors (Lipinski definition) is 3. The molecule has 3 aliphatic carbocycles. The maximum Gasteiger partial charge on any atom is 0.119 e. The zero-order valence-electron chi connectivity index (χ0n) is 19.6. The number of aryl methyl sites for hydroxylation is 1. The highest BCUT2D eigenvalue weighted by molar-refractivity contribution is 5.46. The van der Waals surface area contributed by atoms with Gasteiger partial charge in [0, 0.05) is 6.54 Å². The van der Waals surface area contributed by atoms with Crippen molar-refractivity contribution in [2.24, 2.45) is 22.0 Å². The van der Waals surface area contributed by atoms with Crippen molar-refractivity contribution in [3.05, 3.63) is 59.2 Å². The highest BCUT2D eigenvalue weighted by atomic mass is 16.5. The molecule has 0 radical (unpaired) electrons. The second-order valence-corrected chi connectivity index (χ2v) is 11.1. The Morgan fingerprint density at radius 2 is 1.78 bits per heavy atom. The van der Waals surface area contributed by atoms with Crippen LogP contribution >= 0.6 is 0 Å². The molecule has 32 heavy (non-hydrogen) atoms. The number of aromatic hydroxyl groups is 1. The summed E-state index contributed by atoms with van der Waals surface area (Å²) in [5.74, 6) is 1.86. The third-order valence-electron chi connectivity index (χ3n) is 9.98. The first kappa shape index (κ1) is 21.8. The molecule has 6 atom stereocenters. The highest BCUT2D eigenvalue weighted by Gasteiger charge is 2.69. The Morgan fingerprint density at radius 1 is 1.03 bits per heavy atom. The molecule has 2 fully saturated rings. The van der Waals surface area contributed by atoms with Crippen LogP contribution in [-0.4, -0.2) is 29.5 Å². The summed E-state index contributed by atoms with van der Waals surface area (Å²) in [6.07, 6.45) is 4.73. The van der Waals surface area contributed by atoms with Gasteiger partial charge >= 0.3 is 0 Å². The summed E-state index contributed by atoms with van der Waals surface area (Å²) in [5.41, 5.74) is 9.59. The van der Waals surface area contributed by atoms with Crippen LogP contribution in [0.2, 0.25) is 0 Å². The van der Waals surface area contributed by atoms with E-state index in [0.29, 0.717) is 30.7 Å². The van der Waals surface area contributed by atoms with E-state index in [2.05, 4.69) is 51.1 Å². The van der Waals surface area contributed by atoms with E-state index in [1.165, 1.54) is 16.7 Å². The standard InChI is InChI=1S/C28H37NO3/c1-26-12-10-19-16-20(30)6-9-22(19)25(26)23(17-27(2)24(31)11-13-28(26,27)3)18-4-7-21(8-5-18)32-15-14-29/h4-9,16,23-25,30-31H,10-15,17,29H2,1-3H3/t23-,24+,25+,26-,27-,28+/m1/s1. The first-order valence-electron chi connectivity index (χ1n) is 12.2. The first-order valence-corrected chi connectivity index (χ1v) is 12.2. The van der Waals surface area contributed by atoms with Gasteiger partial charge in [-0.3, -0.25) is 0 Å². The molecule has 0 spiro atoms. The minimum Gasteiger partial charge on any atom is -0.508 e. The molecule has 0 heterocycles. The summed E-state index contributed by atoms with van der Waals surface area (Å²) in [6, 6.07) is 14.5. The highest BCUT2D eigenvalue weighted by Crippen LogP contribution is 2.76. The maximum atomic E-state index is 11.2. The van der Waals surface area contributed by atoms with Crippen molar-refractivity contribution in [3.8, 4) is 11.5 Å². The Kier molecular flexibility index (Phi) is 5.10. The fraction of sp³-hybridized carbons (Fsp3) is 0.571. The van der Waals surface area contributed by atoms with Crippen molar-refractivity contribution in [1.82, 2.24) is 0 Å². The van der Waals surface area contributed by atoms with Gasteiger partial charge in [-0.1, -0.05) is 39.0 Å². The van der Waals surface area contributed by atoms with Gasteiger partial charge in [0.15, 0.2) is 0 Å². The third kappa shape index (κ3) is 2.88. The largest absolute Gasteiger partial charge is 0.508 e. The van der Waals surface area contributed by atoms with Crippen LogP contribution in [0.25, 0.3) is 0 Å². The van der Waals surface area contributed by atoms with Gasteiger partial charge in [0.25, 0.3) is 0 Å². The van der Waals surface area contributed by atoms with Gasteiger partial charge in [-0.05, 0) is 101 Å². The molecule has 4 nitrogen and oxygen atoms in total. The number of nitrogens with two attached hydrogens (primary N) is 1. The molecule has 0 aromatic heterocycles. The van der Waals surface area contributed by atoms with Gasteiger partial charge < -0.3 is 20.7 Å². The molecule has 0 saturated heterocycles. The first-order chi connectivity index (χ1) is 15.2. The maximum absolute atomic E-state index is 11.2. The van der Waals surface area contributed by atoms with Crippen LogP contribution in [0.3, 0.4) is 0 Å². The Morgan fingerprint density at radius 3 is 2.50 bits per heavy atom. The van der Waals surface area contributed by atoms with Crippen molar-refractivity contribution in [2.75, 3.05) is 13.2 Å². The summed E-state index contributed by atoms with van der Waals surface area (Å²) in [5, 5.41) is 21.4. The van der Waals surface area contributed by atoms with Crippen LogP contribution in [0.5, 0.6) is 11.5 Å². The Bertz CT molecular complexity index is 1000. The quantitative estimate of drug-likeness (QED) is 0.623. The number of hydrogen-bond acceptors (Lipinski definition) is 4. The van der Waals surface area contributed by atoms with E-state index < -0.39 is 0 Å². The average molecular weight is 436 g/mol. The fourth-order valence-corrected chi connectivity index (χ4v) is 7.85. The summed E-state index contributed by atoms with van der Waals surface area (Å²) in [4.78, 5) is 0. The number of phenolic OH excluding ortho intramolecular Hbond substituents is 1. The normalized spacial score (nSPS) is 38.0. The van der Waals surface area contributed by atoms with Crippen molar-refractivity contribution in [3.63, 3.8) is 0 Å². The van der Waals surface area contributed by atoms with Gasteiger partial charge in [-0.25, -0.2) is 0 Å². The number of rotatable bonds is 4. The van der Waals surface area contributed by atoms with Crippen LogP contribution in [0.1, 0.15) is 75.0 Å². The van der Waals surface area contributed by atoms with Crippen molar-refractivity contribution in [2.45, 2.75) is 70.8 Å². The Labute approximate surface area is 191 Å². The zero-order chi connectivity index (χ0) is 22.7. The molecule has 0 bridgehead atoms. The van der Waals surface area contributed by atoms with E-state index >= 15 is 0 Å². The lowest BCUT2D eigenvalue weighted by Crippen LogP contribution is -2.59. The number of benzene rings is 2. The summed E-state index contributed by atoms with van der Waals surface area (Å²) >= 11 is 0. The minimum absolute atomic E-state index is 0.0698. The fourth-order valence-electron chi connectivity index (χ4n) is 7.85. The van der Waals surface area contributed by atoms with Gasteiger partial charge in [0.1, 0.15) is 18.1 Å². The minimum atomic E-state index is -0.263. The van der Waals surface area contributed by atoms with E-state index in [1.807, 2.05) is 12.1 Å². The zero-order valence-corrected chi connectivity index (χ0v) is 19.6. The molecule has 2 aromatic carbocycles. The molecule has 3 aliphatic rings.